The molecule has 24 heavy (non-hydrogen) atoms. The molecule has 0 heterocycles. The van der Waals surface area contributed by atoms with Gasteiger partial charge in [0.25, 0.3) is 0 Å². The van der Waals surface area contributed by atoms with Crippen LogP contribution in [0.4, 0.5) is 4.79 Å². The Bertz CT molecular complexity index is 473. The quantitative estimate of drug-likeness (QED) is 0.540. The van der Waals surface area contributed by atoms with Crippen molar-refractivity contribution in [1.29, 1.82) is 0 Å². The van der Waals surface area contributed by atoms with Crippen LogP contribution in [0.15, 0.2) is 18.2 Å². The molecule has 0 aliphatic rings. The highest BCUT2D eigenvalue weighted by Crippen LogP contribution is 2.34. The van der Waals surface area contributed by atoms with Crippen molar-refractivity contribution in [3.63, 3.8) is 0 Å². The summed E-state index contributed by atoms with van der Waals surface area (Å²) in [6, 6.07) is 6.05. The SMILES string of the molecule is CC[NH+](CC)CCOC(=O)Oc1c(C(C)C)cccc1C(C)C.[Cl-]. The van der Waals surface area contributed by atoms with E-state index in [-0.39, 0.29) is 24.2 Å². The van der Waals surface area contributed by atoms with E-state index in [9.17, 15) is 4.79 Å². The number of nitrogens with one attached hydrogen (secondary N) is 1. The molecule has 4 nitrogen and oxygen atoms in total. The summed E-state index contributed by atoms with van der Waals surface area (Å²) < 4.78 is 10.8. The summed E-state index contributed by atoms with van der Waals surface area (Å²) in [6.07, 6.45) is -0.605. The molecule has 0 bridgehead atoms. The van der Waals surface area contributed by atoms with Gasteiger partial charge < -0.3 is 26.8 Å². The third-order valence-electron chi connectivity index (χ3n) is 4.18. The summed E-state index contributed by atoms with van der Waals surface area (Å²) >= 11 is 0. The van der Waals surface area contributed by atoms with Crippen LogP contribution < -0.4 is 22.0 Å². The van der Waals surface area contributed by atoms with Crippen LogP contribution in [-0.2, 0) is 4.74 Å². The minimum atomic E-state index is -0.605. The largest absolute Gasteiger partial charge is 1.00 e. The zero-order chi connectivity index (χ0) is 17.4. The van der Waals surface area contributed by atoms with E-state index in [1.807, 2.05) is 18.2 Å². The van der Waals surface area contributed by atoms with E-state index in [2.05, 4.69) is 41.5 Å². The molecule has 0 spiro atoms. The summed E-state index contributed by atoms with van der Waals surface area (Å²) in [7, 11) is 0. The second-order valence-electron chi connectivity index (χ2n) is 6.48. The van der Waals surface area contributed by atoms with Crippen molar-refractivity contribution in [3.8, 4) is 5.75 Å². The average molecular weight is 358 g/mol. The second kappa shape index (κ2) is 11.3. The van der Waals surface area contributed by atoms with Crippen molar-refractivity contribution in [2.45, 2.75) is 53.4 Å². The number of benzene rings is 1. The number of para-hydroxylation sites is 1. The van der Waals surface area contributed by atoms with Crippen LogP contribution in [0, 0.1) is 0 Å². The van der Waals surface area contributed by atoms with Gasteiger partial charge in [0.15, 0.2) is 0 Å². The highest BCUT2D eigenvalue weighted by atomic mass is 35.5. The van der Waals surface area contributed by atoms with Crippen LogP contribution in [0.2, 0.25) is 0 Å². The predicted molar refractivity (Wildman–Crippen MR) is 93.5 cm³/mol. The molecular weight excluding hydrogens is 326 g/mol. The lowest BCUT2D eigenvalue weighted by Gasteiger charge is -2.19. The molecule has 0 atom stereocenters. The molecule has 0 radical (unpaired) electrons. The van der Waals surface area contributed by atoms with Crippen molar-refractivity contribution in [3.05, 3.63) is 29.3 Å². The molecule has 1 aromatic carbocycles. The van der Waals surface area contributed by atoms with Gasteiger partial charge in [0.2, 0.25) is 0 Å². The molecular formula is C19H32ClNO3. The molecule has 1 N–H and O–H groups in total. The molecule has 0 saturated heterocycles. The van der Waals surface area contributed by atoms with Crippen molar-refractivity contribution in [1.82, 2.24) is 0 Å². The standard InChI is InChI=1S/C19H31NO3.ClH/c1-7-20(8-2)12-13-22-19(21)23-18-16(14(3)4)10-9-11-17(18)15(5)6;/h9-11,14-15H,7-8,12-13H2,1-6H3;1H. The summed E-state index contributed by atoms with van der Waals surface area (Å²) in [5, 5.41) is 0. The normalized spacial score (nSPS) is 10.9. The Morgan fingerprint density at radius 3 is 1.96 bits per heavy atom. The van der Waals surface area contributed by atoms with Gasteiger partial charge in [0.05, 0.1) is 13.1 Å². The average Bonchev–Trinajstić information content (AvgIpc) is 2.51. The Labute approximate surface area is 152 Å². The van der Waals surface area contributed by atoms with Crippen molar-refractivity contribution in [2.75, 3.05) is 26.2 Å². The molecule has 1 aromatic rings. The fraction of sp³-hybridized carbons (Fsp3) is 0.632. The van der Waals surface area contributed by atoms with Crippen LogP contribution in [0.5, 0.6) is 5.75 Å². The Morgan fingerprint density at radius 2 is 1.54 bits per heavy atom. The van der Waals surface area contributed by atoms with Crippen LogP contribution in [0.3, 0.4) is 0 Å². The van der Waals surface area contributed by atoms with E-state index in [0.717, 1.165) is 30.8 Å². The minimum absolute atomic E-state index is 0. The van der Waals surface area contributed by atoms with Crippen molar-refractivity contribution in [2.24, 2.45) is 0 Å². The molecule has 138 valence electrons. The van der Waals surface area contributed by atoms with Gasteiger partial charge in [0.1, 0.15) is 18.9 Å². The van der Waals surface area contributed by atoms with Gasteiger partial charge in [0, 0.05) is 0 Å². The zero-order valence-corrected chi connectivity index (χ0v) is 16.6. The molecule has 0 saturated carbocycles. The molecule has 1 rings (SSSR count). The maximum atomic E-state index is 12.1. The number of carbonyl (C=O) groups is 1. The van der Waals surface area contributed by atoms with Crippen LogP contribution >= 0.6 is 0 Å². The summed E-state index contributed by atoms with van der Waals surface area (Å²) in [4.78, 5) is 13.5. The van der Waals surface area contributed by atoms with E-state index in [1.165, 1.54) is 4.90 Å². The van der Waals surface area contributed by atoms with E-state index < -0.39 is 6.16 Å². The summed E-state index contributed by atoms with van der Waals surface area (Å²) in [6.45, 7) is 15.9. The number of hydrogen-bond acceptors (Lipinski definition) is 3. The number of halogens is 1. The topological polar surface area (TPSA) is 40.0 Å². The fourth-order valence-electron chi connectivity index (χ4n) is 2.60. The molecule has 0 amide bonds. The van der Waals surface area contributed by atoms with Gasteiger partial charge in [-0.2, -0.15) is 0 Å². The number of quaternary nitrogens is 1. The third-order valence-corrected chi connectivity index (χ3v) is 4.18. The molecule has 0 aliphatic heterocycles. The smallest absolute Gasteiger partial charge is 0.514 e. The first kappa shape index (κ1) is 22.7. The highest BCUT2D eigenvalue weighted by molar-refractivity contribution is 5.66. The summed E-state index contributed by atoms with van der Waals surface area (Å²) in [5.41, 5.74) is 2.09. The first-order chi connectivity index (χ1) is 10.9. The number of likely N-dealkylation sites (N-methyl/N-ethyl adjacent to an activating group) is 1. The monoisotopic (exact) mass is 357 g/mol. The van der Waals surface area contributed by atoms with Crippen molar-refractivity contribution >= 4 is 6.16 Å². The van der Waals surface area contributed by atoms with Crippen molar-refractivity contribution < 1.29 is 31.6 Å². The Hall–Kier alpha value is -1.26. The zero-order valence-electron chi connectivity index (χ0n) is 15.8. The predicted octanol–water partition coefficient (Wildman–Crippen LogP) is 0.378. The van der Waals surface area contributed by atoms with E-state index in [4.69, 9.17) is 9.47 Å². The van der Waals surface area contributed by atoms with Gasteiger partial charge >= 0.3 is 6.16 Å². The molecule has 0 aliphatic carbocycles. The highest BCUT2D eigenvalue weighted by Gasteiger charge is 2.19. The van der Waals surface area contributed by atoms with Crippen LogP contribution in [0.25, 0.3) is 0 Å². The second-order valence-corrected chi connectivity index (χ2v) is 6.48. The lowest BCUT2D eigenvalue weighted by Crippen LogP contribution is -3.11. The molecule has 0 unspecified atom stereocenters. The lowest BCUT2D eigenvalue weighted by atomic mass is 9.94. The number of rotatable bonds is 8. The maximum absolute atomic E-state index is 12.1. The summed E-state index contributed by atoms with van der Waals surface area (Å²) in [5.74, 6) is 1.24. The minimum Gasteiger partial charge on any atom is -1.00 e. The molecule has 5 heteroatoms. The van der Waals surface area contributed by atoms with Gasteiger partial charge in [-0.05, 0) is 36.8 Å². The van der Waals surface area contributed by atoms with E-state index in [1.54, 1.807) is 0 Å². The lowest BCUT2D eigenvalue weighted by molar-refractivity contribution is -0.896. The number of carbonyl (C=O) groups excluding carboxylic acids is 1. The maximum Gasteiger partial charge on any atom is 0.514 e. The van der Waals surface area contributed by atoms with Gasteiger partial charge in [-0.1, -0.05) is 45.9 Å². The van der Waals surface area contributed by atoms with Crippen LogP contribution in [-0.4, -0.2) is 32.4 Å². The fourth-order valence-corrected chi connectivity index (χ4v) is 2.60. The van der Waals surface area contributed by atoms with Gasteiger partial charge in [-0.25, -0.2) is 4.79 Å². The first-order valence-electron chi connectivity index (χ1n) is 8.71. The number of hydrogen-bond donors (Lipinski definition) is 1. The van der Waals surface area contributed by atoms with E-state index >= 15 is 0 Å². The third kappa shape index (κ3) is 6.70. The molecule has 0 aromatic heterocycles. The van der Waals surface area contributed by atoms with Gasteiger partial charge in [-0.3, -0.25) is 0 Å². The Kier molecular flexibility index (Phi) is 10.7. The number of ether oxygens (including phenoxy) is 2. The van der Waals surface area contributed by atoms with Crippen LogP contribution in [0.1, 0.15) is 64.5 Å². The Morgan fingerprint density at radius 1 is 1.04 bits per heavy atom. The van der Waals surface area contributed by atoms with Gasteiger partial charge in [-0.15, -0.1) is 0 Å². The Balaban J connectivity index is 0.00000529. The first-order valence-corrected chi connectivity index (χ1v) is 8.71. The van der Waals surface area contributed by atoms with E-state index in [0.29, 0.717) is 12.4 Å². The molecule has 0 fully saturated rings.